The van der Waals surface area contributed by atoms with E-state index in [1.54, 1.807) is 30.6 Å². The molecule has 2 rings (SSSR count). The molecule has 5 nitrogen and oxygen atoms in total. The molecule has 0 saturated carbocycles. The third-order valence-electron chi connectivity index (χ3n) is 2.37. The summed E-state index contributed by atoms with van der Waals surface area (Å²) in [6.45, 7) is 1.97. The number of hydrogen-bond acceptors (Lipinski definition) is 5. The number of hydrogen-bond donors (Lipinski definition) is 0. The summed E-state index contributed by atoms with van der Waals surface area (Å²) in [4.78, 5) is 18.6. The van der Waals surface area contributed by atoms with E-state index in [0.717, 1.165) is 5.56 Å². The maximum absolute atomic E-state index is 10.7. The smallest absolute Gasteiger partial charge is 0.258 e. The van der Waals surface area contributed by atoms with Gasteiger partial charge in [-0.2, -0.15) is 0 Å². The fourth-order valence-corrected chi connectivity index (χ4v) is 2.31. The van der Waals surface area contributed by atoms with Crippen molar-refractivity contribution in [3.05, 3.63) is 58.4 Å². The van der Waals surface area contributed by atoms with Gasteiger partial charge < -0.3 is 0 Å². The Morgan fingerprint density at radius 1 is 1.28 bits per heavy atom. The molecule has 0 N–H and O–H groups in total. The molecule has 18 heavy (non-hydrogen) atoms. The van der Waals surface area contributed by atoms with Gasteiger partial charge in [-0.05, 0) is 18.6 Å². The van der Waals surface area contributed by atoms with E-state index in [2.05, 4.69) is 9.97 Å². The van der Waals surface area contributed by atoms with Crippen LogP contribution in [0.5, 0.6) is 0 Å². The molecule has 0 radical (unpaired) electrons. The van der Waals surface area contributed by atoms with E-state index in [9.17, 15) is 10.1 Å². The van der Waals surface area contributed by atoms with Gasteiger partial charge in [0.25, 0.3) is 5.69 Å². The van der Waals surface area contributed by atoms with Crippen LogP contribution in [-0.4, -0.2) is 14.9 Å². The maximum atomic E-state index is 10.7. The summed E-state index contributed by atoms with van der Waals surface area (Å²) in [7, 11) is 0. The molecule has 2 aromatic rings. The first-order chi connectivity index (χ1) is 8.66. The van der Waals surface area contributed by atoms with E-state index in [1.165, 1.54) is 17.8 Å². The second-order valence-corrected chi connectivity index (χ2v) is 4.95. The molecule has 1 aromatic carbocycles. The minimum Gasteiger partial charge on any atom is -0.258 e. The lowest BCUT2D eigenvalue weighted by atomic mass is 10.1. The van der Waals surface area contributed by atoms with Gasteiger partial charge in [0, 0.05) is 29.8 Å². The third kappa shape index (κ3) is 3.04. The summed E-state index contributed by atoms with van der Waals surface area (Å²) in [5, 5.41) is 11.4. The van der Waals surface area contributed by atoms with Crippen LogP contribution in [0.3, 0.4) is 0 Å². The van der Waals surface area contributed by atoms with Crippen LogP contribution in [-0.2, 0) is 0 Å². The first-order valence-electron chi connectivity index (χ1n) is 5.35. The summed E-state index contributed by atoms with van der Waals surface area (Å²) >= 11 is 1.47. The molecule has 1 aromatic heterocycles. The molecule has 0 aliphatic carbocycles. The molecule has 0 unspecified atom stereocenters. The number of nitro groups is 1. The van der Waals surface area contributed by atoms with Crippen molar-refractivity contribution in [1.29, 1.82) is 0 Å². The monoisotopic (exact) mass is 261 g/mol. The largest absolute Gasteiger partial charge is 0.269 e. The highest BCUT2D eigenvalue weighted by molar-refractivity contribution is 7.99. The van der Waals surface area contributed by atoms with Crippen LogP contribution in [0.25, 0.3) is 0 Å². The number of benzene rings is 1. The van der Waals surface area contributed by atoms with Crippen LogP contribution in [0, 0.1) is 10.1 Å². The van der Waals surface area contributed by atoms with Crippen LogP contribution < -0.4 is 0 Å². The van der Waals surface area contributed by atoms with Gasteiger partial charge in [0.2, 0.25) is 0 Å². The number of non-ortho nitro benzene ring substituents is 1. The Hall–Kier alpha value is -1.95. The SMILES string of the molecule is C[C@@H](Sc1ncccn1)c1cccc([N+](=O)[O-])c1. The van der Waals surface area contributed by atoms with E-state index in [4.69, 9.17) is 0 Å². The Bertz CT molecular complexity index is 548. The van der Waals surface area contributed by atoms with Gasteiger partial charge in [-0.1, -0.05) is 23.9 Å². The highest BCUT2D eigenvalue weighted by atomic mass is 32.2. The zero-order chi connectivity index (χ0) is 13.0. The normalized spacial score (nSPS) is 12.1. The second kappa shape index (κ2) is 5.59. The van der Waals surface area contributed by atoms with Gasteiger partial charge in [-0.15, -0.1) is 0 Å². The molecule has 0 bridgehead atoms. The topological polar surface area (TPSA) is 68.9 Å². The third-order valence-corrected chi connectivity index (χ3v) is 3.42. The first-order valence-corrected chi connectivity index (χ1v) is 6.23. The highest BCUT2D eigenvalue weighted by Gasteiger charge is 2.12. The van der Waals surface area contributed by atoms with E-state index >= 15 is 0 Å². The Labute approximate surface area is 108 Å². The summed E-state index contributed by atoms with van der Waals surface area (Å²) < 4.78 is 0. The maximum Gasteiger partial charge on any atom is 0.269 e. The molecule has 0 fully saturated rings. The molecule has 1 heterocycles. The van der Waals surface area contributed by atoms with Gasteiger partial charge in [0.1, 0.15) is 0 Å². The number of aromatic nitrogens is 2. The molecule has 92 valence electrons. The van der Waals surface area contributed by atoms with E-state index in [-0.39, 0.29) is 15.9 Å². The fraction of sp³-hybridized carbons (Fsp3) is 0.167. The summed E-state index contributed by atoms with van der Waals surface area (Å²) in [5.74, 6) is 0. The van der Waals surface area contributed by atoms with Crippen molar-refractivity contribution < 1.29 is 4.92 Å². The van der Waals surface area contributed by atoms with E-state index in [0.29, 0.717) is 5.16 Å². The van der Waals surface area contributed by atoms with Gasteiger partial charge in [-0.3, -0.25) is 10.1 Å². The van der Waals surface area contributed by atoms with Crippen molar-refractivity contribution in [3.63, 3.8) is 0 Å². The number of rotatable bonds is 4. The van der Waals surface area contributed by atoms with Crippen LogP contribution in [0.1, 0.15) is 17.7 Å². The van der Waals surface area contributed by atoms with Crippen molar-refractivity contribution in [2.75, 3.05) is 0 Å². The summed E-state index contributed by atoms with van der Waals surface area (Å²) in [6, 6.07) is 8.38. The number of nitro benzene ring substituents is 1. The van der Waals surface area contributed by atoms with Crippen LogP contribution in [0.4, 0.5) is 5.69 Å². The number of thioether (sulfide) groups is 1. The zero-order valence-electron chi connectivity index (χ0n) is 9.69. The van der Waals surface area contributed by atoms with Crippen molar-refractivity contribution >= 4 is 17.4 Å². The molecule has 0 amide bonds. The lowest BCUT2D eigenvalue weighted by Gasteiger charge is -2.09. The quantitative estimate of drug-likeness (QED) is 0.366. The predicted octanol–water partition coefficient (Wildman–Crippen LogP) is 3.24. The Balaban J connectivity index is 2.16. The van der Waals surface area contributed by atoms with Crippen LogP contribution in [0.2, 0.25) is 0 Å². The van der Waals surface area contributed by atoms with Gasteiger partial charge >= 0.3 is 0 Å². The van der Waals surface area contributed by atoms with Crippen molar-refractivity contribution in [3.8, 4) is 0 Å². The molecule has 0 spiro atoms. The molecule has 0 aliphatic rings. The lowest BCUT2D eigenvalue weighted by molar-refractivity contribution is -0.384. The lowest BCUT2D eigenvalue weighted by Crippen LogP contribution is -1.94. The molecule has 6 heteroatoms. The van der Waals surface area contributed by atoms with Crippen molar-refractivity contribution in [2.45, 2.75) is 17.3 Å². The van der Waals surface area contributed by atoms with Gasteiger partial charge in [-0.25, -0.2) is 9.97 Å². The van der Waals surface area contributed by atoms with Crippen LogP contribution in [0.15, 0.2) is 47.9 Å². The molecular weight excluding hydrogens is 250 g/mol. The molecule has 1 atom stereocenters. The average molecular weight is 261 g/mol. The molecule has 0 aliphatic heterocycles. The van der Waals surface area contributed by atoms with Crippen molar-refractivity contribution in [1.82, 2.24) is 9.97 Å². The Morgan fingerprint density at radius 2 is 2.00 bits per heavy atom. The van der Waals surface area contributed by atoms with E-state index < -0.39 is 0 Å². The highest BCUT2D eigenvalue weighted by Crippen LogP contribution is 2.33. The molecular formula is C12H11N3O2S. The molecule has 0 saturated heterocycles. The fourth-order valence-electron chi connectivity index (χ4n) is 1.46. The average Bonchev–Trinajstić information content (AvgIpc) is 2.40. The zero-order valence-corrected chi connectivity index (χ0v) is 10.5. The van der Waals surface area contributed by atoms with Crippen molar-refractivity contribution in [2.24, 2.45) is 0 Å². The standard InChI is InChI=1S/C12H11N3O2S/c1-9(18-12-13-6-3-7-14-12)10-4-2-5-11(8-10)15(16)17/h2-9H,1H3/t9-/m1/s1. The van der Waals surface area contributed by atoms with Crippen LogP contribution >= 0.6 is 11.8 Å². The minimum absolute atomic E-state index is 0.0623. The Morgan fingerprint density at radius 3 is 2.67 bits per heavy atom. The number of nitrogens with zero attached hydrogens (tertiary/aromatic N) is 3. The van der Waals surface area contributed by atoms with Gasteiger partial charge in [0.15, 0.2) is 5.16 Å². The van der Waals surface area contributed by atoms with E-state index in [1.807, 2.05) is 13.0 Å². The minimum atomic E-state index is -0.389. The van der Waals surface area contributed by atoms with Gasteiger partial charge in [0.05, 0.1) is 4.92 Å². The summed E-state index contributed by atoms with van der Waals surface area (Å²) in [5.41, 5.74) is 0.996. The Kier molecular flexibility index (Phi) is 3.88. The second-order valence-electron chi connectivity index (χ2n) is 3.64. The summed E-state index contributed by atoms with van der Waals surface area (Å²) in [6.07, 6.45) is 3.35. The predicted molar refractivity (Wildman–Crippen MR) is 69.4 cm³/mol. The first kappa shape index (κ1) is 12.5.